The molecule has 1 aromatic heterocycles. The van der Waals surface area contributed by atoms with E-state index >= 15 is 0 Å². The Labute approximate surface area is 101 Å². The van der Waals surface area contributed by atoms with Gasteiger partial charge in [0.05, 0.1) is 7.11 Å². The van der Waals surface area contributed by atoms with Crippen molar-refractivity contribution in [2.24, 2.45) is 0 Å². The van der Waals surface area contributed by atoms with Gasteiger partial charge >= 0.3 is 0 Å². The molecule has 18 heavy (non-hydrogen) atoms. The average molecular weight is 255 g/mol. The van der Waals surface area contributed by atoms with Crippen molar-refractivity contribution in [1.29, 1.82) is 0 Å². The van der Waals surface area contributed by atoms with Crippen LogP contribution in [0.5, 0.6) is 17.4 Å². The van der Waals surface area contributed by atoms with E-state index in [-0.39, 0.29) is 5.75 Å². The van der Waals surface area contributed by atoms with E-state index in [2.05, 4.69) is 4.98 Å². The zero-order valence-electron chi connectivity index (χ0n) is 9.28. The third-order valence-electron chi connectivity index (χ3n) is 2.13. The van der Waals surface area contributed by atoms with Crippen LogP contribution in [-0.4, -0.2) is 12.1 Å². The van der Waals surface area contributed by atoms with Gasteiger partial charge in [-0.15, -0.1) is 0 Å². The Kier molecular flexibility index (Phi) is 3.36. The minimum absolute atomic E-state index is 0.230. The highest BCUT2D eigenvalue weighted by molar-refractivity contribution is 5.33. The lowest BCUT2D eigenvalue weighted by molar-refractivity contribution is 0.385. The predicted molar refractivity (Wildman–Crippen MR) is 57.2 cm³/mol. The molecule has 3 nitrogen and oxygen atoms in total. The van der Waals surface area contributed by atoms with Gasteiger partial charge in [-0.05, 0) is 24.3 Å². The number of hydrogen-bond donors (Lipinski definition) is 0. The lowest BCUT2D eigenvalue weighted by Crippen LogP contribution is -1.98. The molecule has 1 heterocycles. The fourth-order valence-electron chi connectivity index (χ4n) is 1.26. The van der Waals surface area contributed by atoms with Crippen molar-refractivity contribution in [2.45, 2.75) is 0 Å². The summed E-state index contributed by atoms with van der Waals surface area (Å²) in [5.74, 6) is -3.67. The van der Waals surface area contributed by atoms with Crippen molar-refractivity contribution in [3.63, 3.8) is 0 Å². The standard InChI is InChI=1S/C12H8F3NO2/c1-17-7-2-4-8(5-3-7)18-12-10(14)6-9(13)11(15)16-12/h2-6H,1H3. The van der Waals surface area contributed by atoms with E-state index in [4.69, 9.17) is 9.47 Å². The monoisotopic (exact) mass is 255 g/mol. The van der Waals surface area contributed by atoms with E-state index in [0.717, 1.165) is 0 Å². The van der Waals surface area contributed by atoms with E-state index in [1.165, 1.54) is 19.2 Å². The van der Waals surface area contributed by atoms with Gasteiger partial charge in [0.15, 0.2) is 11.6 Å². The molecule has 1 aromatic carbocycles. The second-order valence-electron chi connectivity index (χ2n) is 3.33. The maximum Gasteiger partial charge on any atom is 0.258 e. The lowest BCUT2D eigenvalue weighted by atomic mass is 10.3. The first-order valence-electron chi connectivity index (χ1n) is 4.93. The van der Waals surface area contributed by atoms with E-state index in [9.17, 15) is 13.2 Å². The quantitative estimate of drug-likeness (QED) is 0.788. The predicted octanol–water partition coefficient (Wildman–Crippen LogP) is 3.30. The third-order valence-corrected chi connectivity index (χ3v) is 2.13. The highest BCUT2D eigenvalue weighted by atomic mass is 19.2. The molecule has 0 aliphatic rings. The van der Waals surface area contributed by atoms with E-state index < -0.39 is 23.5 Å². The molecule has 94 valence electrons. The largest absolute Gasteiger partial charge is 0.497 e. The molecule has 0 unspecified atom stereocenters. The molecule has 0 aliphatic heterocycles. The van der Waals surface area contributed by atoms with E-state index in [0.29, 0.717) is 11.8 Å². The van der Waals surface area contributed by atoms with E-state index in [1.807, 2.05) is 0 Å². The Hall–Kier alpha value is -2.24. The minimum Gasteiger partial charge on any atom is -0.497 e. The molecule has 0 spiro atoms. The molecule has 2 aromatic rings. The fraction of sp³-hybridized carbons (Fsp3) is 0.0833. The summed E-state index contributed by atoms with van der Waals surface area (Å²) in [5, 5.41) is 0. The van der Waals surface area contributed by atoms with Crippen LogP contribution in [-0.2, 0) is 0 Å². The first kappa shape index (κ1) is 12.2. The number of aromatic nitrogens is 1. The molecular formula is C12H8F3NO2. The fourth-order valence-corrected chi connectivity index (χ4v) is 1.26. The van der Waals surface area contributed by atoms with Gasteiger partial charge in [-0.2, -0.15) is 9.37 Å². The van der Waals surface area contributed by atoms with Gasteiger partial charge in [-0.25, -0.2) is 8.78 Å². The molecular weight excluding hydrogens is 247 g/mol. The molecule has 2 rings (SSSR count). The summed E-state index contributed by atoms with van der Waals surface area (Å²) in [6.45, 7) is 0. The molecule has 0 N–H and O–H groups in total. The smallest absolute Gasteiger partial charge is 0.258 e. The number of rotatable bonds is 3. The average Bonchev–Trinajstić information content (AvgIpc) is 2.37. The van der Waals surface area contributed by atoms with Crippen LogP contribution in [0, 0.1) is 17.6 Å². The molecule has 0 bridgehead atoms. The Morgan fingerprint density at radius 2 is 1.56 bits per heavy atom. The number of methoxy groups -OCH3 is 1. The van der Waals surface area contributed by atoms with Crippen LogP contribution in [0.15, 0.2) is 30.3 Å². The van der Waals surface area contributed by atoms with Gasteiger partial charge in [-0.1, -0.05) is 0 Å². The summed E-state index contributed by atoms with van der Waals surface area (Å²) in [6, 6.07) is 6.50. The van der Waals surface area contributed by atoms with Crippen LogP contribution in [0.1, 0.15) is 0 Å². The molecule has 0 amide bonds. The Balaban J connectivity index is 2.25. The maximum absolute atomic E-state index is 13.2. The molecule has 0 fully saturated rings. The van der Waals surface area contributed by atoms with Gasteiger partial charge in [0.25, 0.3) is 11.8 Å². The van der Waals surface area contributed by atoms with Crippen molar-refractivity contribution < 1.29 is 22.6 Å². The van der Waals surface area contributed by atoms with E-state index in [1.54, 1.807) is 12.1 Å². The van der Waals surface area contributed by atoms with Crippen molar-refractivity contribution >= 4 is 0 Å². The first-order chi connectivity index (χ1) is 8.60. The van der Waals surface area contributed by atoms with Crippen LogP contribution < -0.4 is 9.47 Å². The second kappa shape index (κ2) is 4.95. The highest BCUT2D eigenvalue weighted by Gasteiger charge is 2.13. The Morgan fingerprint density at radius 1 is 0.944 bits per heavy atom. The third kappa shape index (κ3) is 2.53. The summed E-state index contributed by atoms with van der Waals surface area (Å²) >= 11 is 0. The Morgan fingerprint density at radius 3 is 2.17 bits per heavy atom. The van der Waals surface area contributed by atoms with Crippen LogP contribution >= 0.6 is 0 Å². The van der Waals surface area contributed by atoms with Crippen LogP contribution in [0.4, 0.5) is 13.2 Å². The summed E-state index contributed by atoms with van der Waals surface area (Å²) < 4.78 is 48.6. The van der Waals surface area contributed by atoms with Crippen molar-refractivity contribution in [3.8, 4) is 17.4 Å². The summed E-state index contributed by atoms with van der Waals surface area (Å²) in [5.41, 5.74) is 0. The normalized spacial score (nSPS) is 10.2. The molecule has 0 atom stereocenters. The number of nitrogens with zero attached hydrogens (tertiary/aromatic N) is 1. The first-order valence-corrected chi connectivity index (χ1v) is 4.93. The number of benzene rings is 1. The molecule has 0 saturated heterocycles. The van der Waals surface area contributed by atoms with Crippen molar-refractivity contribution in [2.75, 3.05) is 7.11 Å². The zero-order chi connectivity index (χ0) is 13.1. The number of ether oxygens (including phenoxy) is 2. The molecule has 0 radical (unpaired) electrons. The molecule has 0 aliphatic carbocycles. The van der Waals surface area contributed by atoms with Crippen molar-refractivity contribution in [3.05, 3.63) is 47.9 Å². The highest BCUT2D eigenvalue weighted by Crippen LogP contribution is 2.25. The number of hydrogen-bond acceptors (Lipinski definition) is 3. The number of halogens is 3. The van der Waals surface area contributed by atoms with Crippen LogP contribution in [0.3, 0.4) is 0 Å². The van der Waals surface area contributed by atoms with Crippen molar-refractivity contribution in [1.82, 2.24) is 4.98 Å². The molecule has 0 saturated carbocycles. The maximum atomic E-state index is 13.2. The zero-order valence-corrected chi connectivity index (χ0v) is 9.28. The van der Waals surface area contributed by atoms with Gasteiger partial charge < -0.3 is 9.47 Å². The number of pyridine rings is 1. The summed E-state index contributed by atoms with van der Waals surface area (Å²) in [7, 11) is 1.49. The Bertz CT molecular complexity index is 558. The van der Waals surface area contributed by atoms with Gasteiger partial charge in [0, 0.05) is 6.07 Å². The van der Waals surface area contributed by atoms with Gasteiger partial charge in [0.2, 0.25) is 0 Å². The van der Waals surface area contributed by atoms with Gasteiger partial charge in [0.1, 0.15) is 11.5 Å². The van der Waals surface area contributed by atoms with Crippen LogP contribution in [0.25, 0.3) is 0 Å². The minimum atomic E-state index is -1.42. The lowest BCUT2D eigenvalue weighted by Gasteiger charge is -2.06. The topological polar surface area (TPSA) is 31.4 Å². The second-order valence-corrected chi connectivity index (χ2v) is 3.33. The summed E-state index contributed by atoms with van der Waals surface area (Å²) in [4.78, 5) is 3.04. The summed E-state index contributed by atoms with van der Waals surface area (Å²) in [6.07, 6.45) is 0. The van der Waals surface area contributed by atoms with Crippen LogP contribution in [0.2, 0.25) is 0 Å². The SMILES string of the molecule is COc1ccc(Oc2nc(F)c(F)cc2F)cc1. The molecule has 6 heteroatoms. The van der Waals surface area contributed by atoms with Gasteiger partial charge in [-0.3, -0.25) is 0 Å².